The molecule has 2 heterocycles. The van der Waals surface area contributed by atoms with Crippen LogP contribution in [0, 0.1) is 0 Å². The quantitative estimate of drug-likeness (QED) is 0.799. The summed E-state index contributed by atoms with van der Waals surface area (Å²) in [5.41, 5.74) is 3.23. The fraction of sp³-hybridized carbons (Fsp3) is 0.400. The van der Waals surface area contributed by atoms with Crippen LogP contribution in [-0.2, 0) is 9.53 Å². The Morgan fingerprint density at radius 2 is 2.25 bits per heavy atom. The van der Waals surface area contributed by atoms with Gasteiger partial charge in [-0.25, -0.2) is 0 Å². The Labute approximate surface area is 153 Å². The van der Waals surface area contributed by atoms with Crippen molar-refractivity contribution in [2.24, 2.45) is 0 Å². The van der Waals surface area contributed by atoms with Crippen LogP contribution in [0.5, 0.6) is 0 Å². The molecule has 1 saturated heterocycles. The summed E-state index contributed by atoms with van der Waals surface area (Å²) in [6, 6.07) is 5.54. The molecule has 1 aromatic carbocycles. The summed E-state index contributed by atoms with van der Waals surface area (Å²) >= 11 is 9.20. The minimum absolute atomic E-state index is 0.0908. The second-order valence-electron chi connectivity index (χ2n) is 5.19. The second-order valence-corrected chi connectivity index (χ2v) is 8.02. The molecular formula is C15H17ClN4O2S2. The fourth-order valence-electron chi connectivity index (χ4n) is 2.38. The van der Waals surface area contributed by atoms with Gasteiger partial charge in [-0.1, -0.05) is 40.8 Å². The molecule has 6 nitrogen and oxygen atoms in total. The number of thioether (sulfide) groups is 1. The Hall–Kier alpha value is -1.35. The fourth-order valence-corrected chi connectivity index (χ4v) is 4.30. The van der Waals surface area contributed by atoms with Crippen LogP contribution >= 0.6 is 34.7 Å². The van der Waals surface area contributed by atoms with Gasteiger partial charge in [-0.05, 0) is 19.1 Å². The van der Waals surface area contributed by atoms with Crippen LogP contribution in [0.2, 0.25) is 5.02 Å². The molecule has 1 unspecified atom stereocenters. The van der Waals surface area contributed by atoms with Crippen LogP contribution in [-0.4, -0.2) is 47.7 Å². The number of morpholine rings is 1. The molecule has 0 spiro atoms. The van der Waals surface area contributed by atoms with E-state index in [1.54, 1.807) is 5.51 Å². The third-order valence-corrected chi connectivity index (χ3v) is 5.78. The zero-order valence-electron chi connectivity index (χ0n) is 13.1. The maximum atomic E-state index is 12.5. The molecule has 9 heteroatoms. The van der Waals surface area contributed by atoms with Crippen molar-refractivity contribution in [3.8, 4) is 0 Å². The average Bonchev–Trinajstić information content (AvgIpc) is 3.08. The predicted octanol–water partition coefficient (Wildman–Crippen LogP) is 3.15. The number of aromatic nitrogens is 2. The zero-order valence-corrected chi connectivity index (χ0v) is 15.5. The largest absolute Gasteiger partial charge is 0.378 e. The molecule has 1 atom stereocenters. The first-order chi connectivity index (χ1) is 11.6. The summed E-state index contributed by atoms with van der Waals surface area (Å²) in [4.78, 5) is 14.7. The lowest BCUT2D eigenvalue weighted by atomic mass is 10.2. The lowest BCUT2D eigenvalue weighted by Crippen LogP contribution is -2.37. The highest BCUT2D eigenvalue weighted by Crippen LogP contribution is 2.35. The first-order valence-electron chi connectivity index (χ1n) is 7.50. The van der Waals surface area contributed by atoms with Crippen LogP contribution < -0.4 is 10.2 Å². The first-order valence-corrected chi connectivity index (χ1v) is 9.64. The van der Waals surface area contributed by atoms with E-state index in [2.05, 4.69) is 20.4 Å². The third kappa shape index (κ3) is 4.18. The highest BCUT2D eigenvalue weighted by Gasteiger charge is 2.21. The average molecular weight is 385 g/mol. The van der Waals surface area contributed by atoms with Gasteiger partial charge in [-0.15, -0.1) is 10.2 Å². The molecule has 128 valence electrons. The third-order valence-electron chi connectivity index (χ3n) is 3.56. The number of carbonyl (C=O) groups excluding carboxylic acids is 1. The molecule has 0 bridgehead atoms. The van der Waals surface area contributed by atoms with Gasteiger partial charge in [-0.2, -0.15) is 0 Å². The Kier molecular flexibility index (Phi) is 5.94. The predicted molar refractivity (Wildman–Crippen MR) is 98.3 cm³/mol. The van der Waals surface area contributed by atoms with E-state index in [4.69, 9.17) is 16.3 Å². The molecule has 2 aromatic rings. The van der Waals surface area contributed by atoms with Gasteiger partial charge in [0.25, 0.3) is 0 Å². The molecule has 0 radical (unpaired) electrons. The molecule has 1 aromatic heterocycles. The topological polar surface area (TPSA) is 67.4 Å². The lowest BCUT2D eigenvalue weighted by Gasteiger charge is -2.31. The Bertz CT molecular complexity index is 693. The Balaban J connectivity index is 1.74. The maximum absolute atomic E-state index is 12.5. The second kappa shape index (κ2) is 8.15. The summed E-state index contributed by atoms with van der Waals surface area (Å²) in [7, 11) is 0. The first kappa shape index (κ1) is 17.5. The normalized spacial score (nSPS) is 16.0. The summed E-state index contributed by atoms with van der Waals surface area (Å²) in [5, 5.41) is 11.1. The van der Waals surface area contributed by atoms with E-state index in [9.17, 15) is 4.79 Å². The van der Waals surface area contributed by atoms with Crippen molar-refractivity contribution in [1.29, 1.82) is 0 Å². The molecule has 1 aliphatic rings. The number of rotatable bonds is 5. The Morgan fingerprint density at radius 1 is 1.46 bits per heavy atom. The zero-order chi connectivity index (χ0) is 16.9. The van der Waals surface area contributed by atoms with Crippen LogP contribution in [0.3, 0.4) is 0 Å². The molecule has 0 aliphatic carbocycles. The summed E-state index contributed by atoms with van der Waals surface area (Å²) < 4.78 is 6.17. The van der Waals surface area contributed by atoms with E-state index < -0.39 is 0 Å². The summed E-state index contributed by atoms with van der Waals surface area (Å²) in [6.07, 6.45) is 0. The van der Waals surface area contributed by atoms with E-state index in [1.165, 1.54) is 23.1 Å². The van der Waals surface area contributed by atoms with Crippen molar-refractivity contribution < 1.29 is 9.53 Å². The Morgan fingerprint density at radius 3 is 2.96 bits per heavy atom. The van der Waals surface area contributed by atoms with E-state index in [-0.39, 0.29) is 11.2 Å². The van der Waals surface area contributed by atoms with Crippen molar-refractivity contribution in [3.63, 3.8) is 0 Å². The van der Waals surface area contributed by atoms with Gasteiger partial charge >= 0.3 is 0 Å². The molecular weight excluding hydrogens is 368 g/mol. The highest BCUT2D eigenvalue weighted by atomic mass is 35.5. The van der Waals surface area contributed by atoms with Crippen molar-refractivity contribution in [3.05, 3.63) is 28.7 Å². The number of carbonyl (C=O) groups is 1. The van der Waals surface area contributed by atoms with Crippen LogP contribution in [0.25, 0.3) is 0 Å². The lowest BCUT2D eigenvalue weighted by molar-refractivity contribution is -0.115. The van der Waals surface area contributed by atoms with Crippen LogP contribution in [0.1, 0.15) is 6.92 Å². The van der Waals surface area contributed by atoms with Crippen molar-refractivity contribution in [2.45, 2.75) is 16.5 Å². The number of para-hydroxylation sites is 1. The molecule has 1 aliphatic heterocycles. The van der Waals surface area contributed by atoms with E-state index in [0.29, 0.717) is 18.2 Å². The highest BCUT2D eigenvalue weighted by molar-refractivity contribution is 8.02. The molecule has 24 heavy (non-hydrogen) atoms. The minimum Gasteiger partial charge on any atom is -0.378 e. The van der Waals surface area contributed by atoms with Gasteiger partial charge < -0.3 is 15.0 Å². The van der Waals surface area contributed by atoms with Gasteiger partial charge in [0, 0.05) is 13.1 Å². The minimum atomic E-state index is -0.283. The van der Waals surface area contributed by atoms with Gasteiger partial charge in [0.05, 0.1) is 34.9 Å². The number of hydrogen-bond donors (Lipinski definition) is 1. The van der Waals surface area contributed by atoms with Crippen molar-refractivity contribution in [1.82, 2.24) is 10.2 Å². The van der Waals surface area contributed by atoms with E-state index >= 15 is 0 Å². The monoisotopic (exact) mass is 384 g/mol. The van der Waals surface area contributed by atoms with E-state index in [1.807, 2.05) is 25.1 Å². The van der Waals surface area contributed by atoms with Crippen molar-refractivity contribution in [2.75, 3.05) is 36.5 Å². The SMILES string of the molecule is CC(Sc1nncs1)C(=O)Nc1cccc(Cl)c1N1CCOCC1. The maximum Gasteiger partial charge on any atom is 0.237 e. The summed E-state index contributed by atoms with van der Waals surface area (Å²) in [5.74, 6) is -0.0908. The van der Waals surface area contributed by atoms with Gasteiger partial charge in [0.15, 0.2) is 4.34 Å². The summed E-state index contributed by atoms with van der Waals surface area (Å²) in [6.45, 7) is 4.66. The molecule has 3 rings (SSSR count). The molecule has 1 amide bonds. The number of hydrogen-bond acceptors (Lipinski definition) is 7. The number of benzene rings is 1. The van der Waals surface area contributed by atoms with Gasteiger partial charge in [0.1, 0.15) is 5.51 Å². The number of amides is 1. The van der Waals surface area contributed by atoms with Crippen molar-refractivity contribution >= 4 is 52.0 Å². The molecule has 0 saturated carbocycles. The number of ether oxygens (including phenoxy) is 1. The van der Waals surface area contributed by atoms with Crippen LogP contribution in [0.4, 0.5) is 11.4 Å². The number of nitrogens with one attached hydrogen (secondary N) is 1. The van der Waals surface area contributed by atoms with Crippen LogP contribution in [0.15, 0.2) is 28.0 Å². The van der Waals surface area contributed by atoms with Gasteiger partial charge in [-0.3, -0.25) is 4.79 Å². The van der Waals surface area contributed by atoms with Gasteiger partial charge in [0.2, 0.25) is 5.91 Å². The number of nitrogens with zero attached hydrogens (tertiary/aromatic N) is 3. The standard InChI is InChI=1S/C15H17ClN4O2S2/c1-10(24-15-19-17-9-23-15)14(21)18-12-4-2-3-11(16)13(12)20-5-7-22-8-6-20/h2-4,9-10H,5-8H2,1H3,(H,18,21). The van der Waals surface area contributed by atoms with E-state index in [0.717, 1.165) is 28.8 Å². The molecule has 1 fully saturated rings. The molecule has 1 N–H and O–H groups in total. The smallest absolute Gasteiger partial charge is 0.237 e. The number of anilines is 2. The number of halogens is 1.